The molecule has 0 spiro atoms. The van der Waals surface area contributed by atoms with Crippen LogP contribution < -0.4 is 4.90 Å². The van der Waals surface area contributed by atoms with Crippen molar-refractivity contribution in [2.45, 2.75) is 31.9 Å². The van der Waals surface area contributed by atoms with Gasteiger partial charge >= 0.3 is 0 Å². The van der Waals surface area contributed by atoms with Crippen molar-refractivity contribution in [1.29, 1.82) is 0 Å². The maximum Gasteiger partial charge on any atom is 0.260 e. The predicted octanol–water partition coefficient (Wildman–Crippen LogP) is 3.73. The standard InChI is InChI=1S/C21H25N3O2S2/c1-4-22-16-12-8-9-13-17(16)28-18(22)14-10-7-11-15-19(25)23(5-2)21(27)24(6-3)20(15)26/h7-14,19,25H,4-6H2,1-3H3. The number of benzene rings is 1. The molecule has 0 bridgehead atoms. The average molecular weight is 416 g/mol. The van der Waals surface area contributed by atoms with E-state index in [1.165, 1.54) is 15.5 Å². The van der Waals surface area contributed by atoms with Gasteiger partial charge in [-0.05, 0) is 57.3 Å². The monoisotopic (exact) mass is 415 g/mol. The third-order valence-corrected chi connectivity index (χ3v) is 6.36. The minimum Gasteiger partial charge on any atom is -0.369 e. The fourth-order valence-electron chi connectivity index (χ4n) is 3.33. The summed E-state index contributed by atoms with van der Waals surface area (Å²) in [6.07, 6.45) is 6.41. The number of carbonyl (C=O) groups excluding carboxylic acids is 1. The largest absolute Gasteiger partial charge is 0.369 e. The van der Waals surface area contributed by atoms with E-state index in [1.807, 2.05) is 38.1 Å². The minimum atomic E-state index is -1.01. The van der Waals surface area contributed by atoms with Crippen LogP contribution in [0.1, 0.15) is 20.8 Å². The van der Waals surface area contributed by atoms with Crippen LogP contribution in [0.15, 0.2) is 64.1 Å². The Balaban J connectivity index is 1.81. The van der Waals surface area contributed by atoms with Crippen molar-refractivity contribution in [3.8, 4) is 0 Å². The molecule has 148 valence electrons. The number of aliphatic hydroxyl groups is 1. The number of carbonyl (C=O) groups is 1. The van der Waals surface area contributed by atoms with Gasteiger partial charge in [-0.25, -0.2) is 0 Å². The van der Waals surface area contributed by atoms with Gasteiger partial charge in [0.15, 0.2) is 11.3 Å². The summed E-state index contributed by atoms with van der Waals surface area (Å²) in [5.74, 6) is -0.236. The molecular weight excluding hydrogens is 390 g/mol. The molecule has 5 nitrogen and oxygen atoms in total. The molecule has 1 aromatic carbocycles. The summed E-state index contributed by atoms with van der Waals surface area (Å²) in [6.45, 7) is 7.81. The Morgan fingerprint density at radius 2 is 1.75 bits per heavy atom. The van der Waals surface area contributed by atoms with Crippen molar-refractivity contribution in [3.05, 3.63) is 59.2 Å². The summed E-state index contributed by atoms with van der Waals surface area (Å²) < 4.78 is 0. The fraction of sp³-hybridized carbons (Fsp3) is 0.333. The Kier molecular flexibility index (Phi) is 6.59. The van der Waals surface area contributed by atoms with Crippen molar-refractivity contribution in [2.24, 2.45) is 0 Å². The zero-order valence-corrected chi connectivity index (χ0v) is 18.0. The Hall–Kier alpha value is -2.09. The summed E-state index contributed by atoms with van der Waals surface area (Å²) in [4.78, 5) is 19.3. The zero-order valence-electron chi connectivity index (χ0n) is 16.3. The van der Waals surface area contributed by atoms with Gasteiger partial charge in [-0.15, -0.1) is 0 Å². The van der Waals surface area contributed by atoms with E-state index in [0.29, 0.717) is 23.8 Å². The van der Waals surface area contributed by atoms with Gasteiger partial charge in [0, 0.05) is 24.5 Å². The molecule has 1 fully saturated rings. The highest BCUT2D eigenvalue weighted by Crippen LogP contribution is 2.45. The topological polar surface area (TPSA) is 47.0 Å². The molecule has 7 heteroatoms. The van der Waals surface area contributed by atoms with Crippen molar-refractivity contribution in [3.63, 3.8) is 0 Å². The van der Waals surface area contributed by atoms with E-state index in [2.05, 4.69) is 24.0 Å². The van der Waals surface area contributed by atoms with Crippen LogP contribution in [-0.4, -0.2) is 51.8 Å². The summed E-state index contributed by atoms with van der Waals surface area (Å²) in [5.41, 5.74) is 1.55. The smallest absolute Gasteiger partial charge is 0.260 e. The van der Waals surface area contributed by atoms with Gasteiger partial charge < -0.3 is 14.9 Å². The number of likely N-dealkylation sites (N-methyl/N-ethyl adjacent to an activating group) is 2. The van der Waals surface area contributed by atoms with Gasteiger partial charge in [0.1, 0.15) is 0 Å². The van der Waals surface area contributed by atoms with Crippen LogP contribution in [0.2, 0.25) is 0 Å². The lowest BCUT2D eigenvalue weighted by Crippen LogP contribution is -2.57. The average Bonchev–Trinajstić information content (AvgIpc) is 3.05. The van der Waals surface area contributed by atoms with Crippen LogP contribution in [0.3, 0.4) is 0 Å². The van der Waals surface area contributed by atoms with Gasteiger partial charge in [0.2, 0.25) is 0 Å². The van der Waals surface area contributed by atoms with Crippen LogP contribution in [0.5, 0.6) is 0 Å². The molecule has 1 atom stereocenters. The highest BCUT2D eigenvalue weighted by Gasteiger charge is 2.37. The number of fused-ring (bicyclic) bond motifs is 1. The van der Waals surface area contributed by atoms with E-state index in [0.717, 1.165) is 11.6 Å². The first kappa shape index (κ1) is 20.6. The summed E-state index contributed by atoms with van der Waals surface area (Å²) >= 11 is 7.06. The Labute approximate surface area is 176 Å². The lowest BCUT2D eigenvalue weighted by atomic mass is 10.1. The number of anilines is 1. The van der Waals surface area contributed by atoms with Crippen LogP contribution >= 0.6 is 24.0 Å². The van der Waals surface area contributed by atoms with Crippen molar-refractivity contribution >= 4 is 40.7 Å². The Morgan fingerprint density at radius 1 is 1.07 bits per heavy atom. The van der Waals surface area contributed by atoms with Gasteiger partial charge in [0.05, 0.1) is 16.3 Å². The Morgan fingerprint density at radius 3 is 2.43 bits per heavy atom. The number of hydrogen-bond acceptors (Lipinski definition) is 5. The van der Waals surface area contributed by atoms with E-state index in [4.69, 9.17) is 12.2 Å². The molecule has 0 aromatic heterocycles. The fourth-order valence-corrected chi connectivity index (χ4v) is 4.91. The molecule has 1 saturated heterocycles. The molecule has 28 heavy (non-hydrogen) atoms. The van der Waals surface area contributed by atoms with Crippen LogP contribution in [-0.2, 0) is 4.79 Å². The SMILES string of the molecule is CCN1C(=O)C(=CC=CC=C2Sc3ccccc3N2CC)C(O)N(CC)C1=S. The van der Waals surface area contributed by atoms with E-state index in [9.17, 15) is 9.90 Å². The number of allylic oxidation sites excluding steroid dienone is 4. The summed E-state index contributed by atoms with van der Waals surface area (Å²) in [7, 11) is 0. The molecule has 2 aliphatic heterocycles. The van der Waals surface area contributed by atoms with Gasteiger partial charge in [0.25, 0.3) is 5.91 Å². The second-order valence-electron chi connectivity index (χ2n) is 6.32. The molecular formula is C21H25N3O2S2. The summed E-state index contributed by atoms with van der Waals surface area (Å²) in [6, 6.07) is 8.33. The highest BCUT2D eigenvalue weighted by atomic mass is 32.2. The molecule has 1 N–H and O–H groups in total. The second kappa shape index (κ2) is 8.94. The highest BCUT2D eigenvalue weighted by molar-refractivity contribution is 8.03. The third-order valence-electron chi connectivity index (χ3n) is 4.78. The van der Waals surface area contributed by atoms with Crippen LogP contribution in [0, 0.1) is 0 Å². The maximum atomic E-state index is 12.7. The number of para-hydroxylation sites is 1. The molecule has 0 radical (unpaired) electrons. The normalized spacial score (nSPS) is 22.9. The third kappa shape index (κ3) is 3.74. The van der Waals surface area contributed by atoms with Crippen molar-refractivity contribution < 1.29 is 9.90 Å². The van der Waals surface area contributed by atoms with Crippen LogP contribution in [0.4, 0.5) is 5.69 Å². The second-order valence-corrected chi connectivity index (χ2v) is 7.74. The summed E-state index contributed by atoms with van der Waals surface area (Å²) in [5, 5.41) is 12.1. The van der Waals surface area contributed by atoms with Crippen molar-refractivity contribution in [1.82, 2.24) is 9.80 Å². The Bertz CT molecular complexity index is 863. The van der Waals surface area contributed by atoms with E-state index >= 15 is 0 Å². The first-order valence-corrected chi connectivity index (χ1v) is 10.7. The molecule has 1 unspecified atom stereocenters. The van der Waals surface area contributed by atoms with Gasteiger partial charge in [-0.2, -0.15) is 0 Å². The van der Waals surface area contributed by atoms with E-state index in [-0.39, 0.29) is 5.91 Å². The first-order chi connectivity index (χ1) is 13.5. The molecule has 2 aliphatic rings. The molecule has 2 heterocycles. The lowest BCUT2D eigenvalue weighted by molar-refractivity contribution is -0.128. The molecule has 1 aromatic rings. The minimum absolute atomic E-state index is 0.236. The zero-order chi connectivity index (χ0) is 20.3. The van der Waals surface area contributed by atoms with Gasteiger partial charge in [-0.3, -0.25) is 9.69 Å². The molecule has 0 saturated carbocycles. The molecule has 3 rings (SSSR count). The van der Waals surface area contributed by atoms with E-state index in [1.54, 1.807) is 28.8 Å². The number of amides is 1. The molecule has 0 aliphatic carbocycles. The molecule has 1 amide bonds. The number of aliphatic hydroxyl groups excluding tert-OH is 1. The van der Waals surface area contributed by atoms with Crippen LogP contribution in [0.25, 0.3) is 0 Å². The quantitative estimate of drug-likeness (QED) is 0.584. The number of hydrogen-bond donors (Lipinski definition) is 1. The first-order valence-electron chi connectivity index (χ1n) is 9.46. The van der Waals surface area contributed by atoms with Gasteiger partial charge in [-0.1, -0.05) is 36.0 Å². The lowest BCUT2D eigenvalue weighted by Gasteiger charge is -2.40. The predicted molar refractivity (Wildman–Crippen MR) is 119 cm³/mol. The number of nitrogens with zero attached hydrogens (tertiary/aromatic N) is 3. The number of thioether (sulfide) groups is 1. The van der Waals surface area contributed by atoms with Crippen molar-refractivity contribution in [2.75, 3.05) is 24.5 Å². The van der Waals surface area contributed by atoms with E-state index < -0.39 is 6.23 Å². The maximum absolute atomic E-state index is 12.7. The number of thiocarbonyl (C=S) groups is 1. The number of rotatable bonds is 5.